The molecule has 0 spiro atoms. The maximum atomic E-state index is 14.1. The first-order valence-corrected chi connectivity index (χ1v) is 17.3. The number of aromatic nitrogens is 1. The second-order valence-electron chi connectivity index (χ2n) is 12.3. The molecule has 1 aromatic heterocycles. The van der Waals surface area contributed by atoms with Gasteiger partial charge in [0.25, 0.3) is 16.1 Å². The fourth-order valence-electron chi connectivity index (χ4n) is 5.96. The van der Waals surface area contributed by atoms with Gasteiger partial charge < -0.3 is 38.5 Å². The number of hydrogen-bond acceptors (Lipinski definition) is 12. The van der Waals surface area contributed by atoms with E-state index < -0.39 is 28.2 Å². The van der Waals surface area contributed by atoms with Gasteiger partial charge in [0.2, 0.25) is 0 Å². The van der Waals surface area contributed by atoms with Crippen molar-refractivity contribution in [2.45, 2.75) is 19.3 Å². The molecule has 0 saturated heterocycles. The van der Waals surface area contributed by atoms with Crippen LogP contribution in [0.1, 0.15) is 31.8 Å². The van der Waals surface area contributed by atoms with Crippen LogP contribution in [0.2, 0.25) is 0 Å². The Kier molecular flexibility index (Phi) is 12.4. The molecule has 0 aliphatic heterocycles. The van der Waals surface area contributed by atoms with Crippen LogP contribution in [0.15, 0.2) is 115 Å². The van der Waals surface area contributed by atoms with Crippen molar-refractivity contribution in [1.82, 2.24) is 9.88 Å². The molecule has 1 unspecified atom stereocenters. The zero-order valence-electron chi connectivity index (χ0n) is 30.0. The molecule has 1 atom stereocenters. The molecule has 6 rings (SSSR count). The smallest absolute Gasteiger partial charge is 0.338 e. The number of amides is 1. The third kappa shape index (κ3) is 9.79. The second kappa shape index (κ2) is 18.1. The molecule has 6 aromatic rings. The van der Waals surface area contributed by atoms with E-state index in [0.717, 1.165) is 21.8 Å². The van der Waals surface area contributed by atoms with Crippen LogP contribution >= 0.6 is 0 Å². The summed E-state index contributed by atoms with van der Waals surface area (Å²) in [5, 5.41) is 21.3. The molecule has 1 N–H and O–H groups in total. The van der Waals surface area contributed by atoms with Crippen molar-refractivity contribution in [2.75, 3.05) is 33.4 Å². The topological polar surface area (TPSA) is 195 Å². The van der Waals surface area contributed by atoms with Crippen LogP contribution < -0.4 is 14.2 Å². The lowest BCUT2D eigenvalue weighted by molar-refractivity contribution is -0.763. The van der Waals surface area contributed by atoms with Crippen LogP contribution in [0, 0.1) is 20.2 Å². The number of ether oxygens (including phenoxy) is 4. The van der Waals surface area contributed by atoms with Gasteiger partial charge in [0.05, 0.1) is 31.3 Å². The second-order valence-corrected chi connectivity index (χ2v) is 12.3. The third-order valence-electron chi connectivity index (χ3n) is 8.65. The van der Waals surface area contributed by atoms with Gasteiger partial charge in [-0.25, -0.2) is 4.79 Å². The Hall–Kier alpha value is -7.36. The average molecular weight is 765 g/mol. The van der Waals surface area contributed by atoms with Crippen LogP contribution in [0.5, 0.6) is 17.2 Å². The maximum Gasteiger partial charge on any atom is 0.338 e. The molecular formula is C40H36N4O12. The van der Waals surface area contributed by atoms with E-state index in [2.05, 4.69) is 14.7 Å². The Labute approximate surface area is 319 Å². The number of fused-ring (bicyclic) bond motifs is 3. The molecule has 0 radical (unpaired) electrons. The van der Waals surface area contributed by atoms with E-state index in [9.17, 15) is 29.8 Å². The molecular weight excluding hydrogens is 728 g/mol. The Morgan fingerprint density at radius 2 is 1.29 bits per heavy atom. The zero-order valence-corrected chi connectivity index (χ0v) is 30.0. The van der Waals surface area contributed by atoms with Crippen molar-refractivity contribution in [3.05, 3.63) is 158 Å². The average Bonchev–Trinajstić information content (AvgIpc) is 3.60. The number of para-hydroxylation sites is 3. The summed E-state index contributed by atoms with van der Waals surface area (Å²) in [5.74, 6) is 0.327. The highest BCUT2D eigenvalue weighted by Gasteiger charge is 2.26. The molecule has 56 heavy (non-hydrogen) atoms. The Morgan fingerprint density at radius 1 is 0.696 bits per heavy atom. The predicted octanol–water partition coefficient (Wildman–Crippen LogP) is 6.57. The molecule has 0 aliphatic carbocycles. The molecule has 16 nitrogen and oxygen atoms in total. The molecule has 0 saturated carbocycles. The first kappa shape index (κ1) is 38.4. The number of nitrogens with one attached hydrogen (secondary N) is 1. The highest BCUT2D eigenvalue weighted by Crippen LogP contribution is 2.33. The minimum absolute atomic E-state index is 0.0325. The van der Waals surface area contributed by atoms with Crippen molar-refractivity contribution < 1.29 is 48.4 Å². The number of nitrogens with zero attached hydrogens (tertiary/aromatic N) is 3. The quantitative estimate of drug-likeness (QED) is 0.0530. The lowest BCUT2D eigenvalue weighted by Gasteiger charge is -2.28. The number of esters is 1. The summed E-state index contributed by atoms with van der Waals surface area (Å²) in [4.78, 5) is 62.8. The molecule has 16 heteroatoms. The van der Waals surface area contributed by atoms with Crippen LogP contribution in [0.4, 0.5) is 0 Å². The standard InChI is InChI=1S/C40H36N4O12/c1-51-35-10-4-5-11-36(35)52-22-21-42(39(45)29-17-13-27(14-18-29)24-54-43(47)48)23-31(56-40(46)30-19-15-28(16-20-30)25-55-44(49)50)26-53-37-12-6-9-34-38(37)32-7-2-3-8-33(32)41-34/h2-20,31,41H,21-26H2,1H3. The van der Waals surface area contributed by atoms with Gasteiger partial charge in [-0.3, -0.25) is 4.79 Å². The molecule has 0 fully saturated rings. The van der Waals surface area contributed by atoms with E-state index in [1.165, 1.54) is 48.4 Å². The molecule has 1 amide bonds. The van der Waals surface area contributed by atoms with Crippen LogP contribution in [0.3, 0.4) is 0 Å². The van der Waals surface area contributed by atoms with Gasteiger partial charge in [0.1, 0.15) is 32.2 Å². The Morgan fingerprint density at radius 3 is 1.95 bits per heavy atom. The van der Waals surface area contributed by atoms with E-state index in [1.54, 1.807) is 42.5 Å². The van der Waals surface area contributed by atoms with Gasteiger partial charge in [-0.2, -0.15) is 0 Å². The van der Waals surface area contributed by atoms with Gasteiger partial charge in [-0.05, 0) is 65.7 Å². The first-order chi connectivity index (χ1) is 27.2. The third-order valence-corrected chi connectivity index (χ3v) is 8.65. The van der Waals surface area contributed by atoms with Crippen LogP contribution in [0.25, 0.3) is 21.8 Å². The van der Waals surface area contributed by atoms with Crippen LogP contribution in [-0.2, 0) is 27.6 Å². The number of rotatable bonds is 19. The van der Waals surface area contributed by atoms with Crippen LogP contribution in [-0.4, -0.2) is 71.5 Å². The number of methoxy groups -OCH3 is 1. The van der Waals surface area contributed by atoms with E-state index in [1.807, 2.05) is 36.4 Å². The fourth-order valence-corrected chi connectivity index (χ4v) is 5.96. The Bertz CT molecular complexity index is 2310. The summed E-state index contributed by atoms with van der Waals surface area (Å²) in [6, 6.07) is 32.5. The lowest BCUT2D eigenvalue weighted by atomic mass is 10.1. The molecule has 1 heterocycles. The van der Waals surface area contributed by atoms with Gasteiger partial charge in [-0.1, -0.05) is 60.7 Å². The summed E-state index contributed by atoms with van der Waals surface area (Å²) < 4.78 is 23.8. The summed E-state index contributed by atoms with van der Waals surface area (Å²) in [7, 11) is 1.52. The van der Waals surface area contributed by atoms with E-state index in [4.69, 9.17) is 18.9 Å². The number of aromatic amines is 1. The molecule has 288 valence electrons. The summed E-state index contributed by atoms with van der Waals surface area (Å²) in [6.07, 6.45) is -1.02. The number of hydrogen-bond donors (Lipinski definition) is 1. The molecule has 0 bridgehead atoms. The van der Waals surface area contributed by atoms with Gasteiger partial charge in [-0.15, -0.1) is 20.2 Å². The van der Waals surface area contributed by atoms with E-state index in [0.29, 0.717) is 28.4 Å². The number of H-pyrrole nitrogens is 1. The minimum atomic E-state index is -1.02. The highest BCUT2D eigenvalue weighted by atomic mass is 17.0. The summed E-state index contributed by atoms with van der Waals surface area (Å²) in [5.41, 5.74) is 3.12. The van der Waals surface area contributed by atoms with Crippen molar-refractivity contribution in [3.8, 4) is 17.2 Å². The number of benzene rings is 5. The molecule has 5 aromatic carbocycles. The maximum absolute atomic E-state index is 14.1. The highest BCUT2D eigenvalue weighted by molar-refractivity contribution is 6.10. The lowest BCUT2D eigenvalue weighted by Crippen LogP contribution is -2.43. The van der Waals surface area contributed by atoms with Crippen molar-refractivity contribution in [1.29, 1.82) is 0 Å². The van der Waals surface area contributed by atoms with Gasteiger partial charge in [0.15, 0.2) is 17.6 Å². The first-order valence-electron chi connectivity index (χ1n) is 17.3. The molecule has 0 aliphatic rings. The number of carbonyl (C=O) groups excluding carboxylic acids is 2. The predicted molar refractivity (Wildman–Crippen MR) is 201 cm³/mol. The minimum Gasteiger partial charge on any atom is -0.493 e. The number of carbonyl (C=O) groups is 2. The van der Waals surface area contributed by atoms with E-state index in [-0.39, 0.29) is 50.6 Å². The summed E-state index contributed by atoms with van der Waals surface area (Å²) in [6.45, 7) is -0.806. The van der Waals surface area contributed by atoms with E-state index >= 15 is 0 Å². The fraction of sp³-hybridized carbons (Fsp3) is 0.200. The van der Waals surface area contributed by atoms with Crippen molar-refractivity contribution >= 4 is 33.7 Å². The zero-order chi connectivity index (χ0) is 39.4. The monoisotopic (exact) mass is 764 g/mol. The summed E-state index contributed by atoms with van der Waals surface area (Å²) >= 11 is 0. The van der Waals surface area contributed by atoms with Crippen molar-refractivity contribution in [2.24, 2.45) is 0 Å². The normalized spacial score (nSPS) is 11.4. The van der Waals surface area contributed by atoms with Crippen molar-refractivity contribution in [3.63, 3.8) is 0 Å². The van der Waals surface area contributed by atoms with Gasteiger partial charge in [0, 0.05) is 21.9 Å². The van der Waals surface area contributed by atoms with Gasteiger partial charge >= 0.3 is 5.97 Å². The Balaban J connectivity index is 1.28. The SMILES string of the molecule is COc1ccccc1OCCN(CC(COc1cccc2[nH]c3ccccc3c12)OC(=O)c1ccc(CO[N+](=O)[O-])cc1)C(=O)c1ccc(CO[N+](=O)[O-])cc1. The largest absolute Gasteiger partial charge is 0.493 e.